The van der Waals surface area contributed by atoms with Crippen molar-refractivity contribution in [3.63, 3.8) is 0 Å². The number of rotatable bonds is 6. The average molecular weight is 457 g/mol. The zero-order chi connectivity index (χ0) is 13.2. The van der Waals surface area contributed by atoms with E-state index < -0.39 is 42.7 Å². The standard InChI is InChI=1S/3C4H11Si.CH2.Ta/c3*1-5(2,3)4;;/h3*1H2,2-4H3;1H2;. The molecule has 0 aliphatic rings. The molecule has 0 N–H and O–H groups in total. The minimum atomic E-state index is -1.11. The first-order chi connectivity index (χ1) is 6.79. The van der Waals surface area contributed by atoms with Gasteiger partial charge < -0.3 is 0 Å². The maximum atomic E-state index is 2.59. The molecule has 0 aromatic carbocycles. The Morgan fingerprint density at radius 2 is 0.706 bits per heavy atom. The van der Waals surface area contributed by atoms with Crippen LogP contribution < -0.4 is 0 Å². The van der Waals surface area contributed by atoms with Crippen LogP contribution in [0.5, 0.6) is 0 Å². The topological polar surface area (TPSA) is 0 Å². The molecule has 0 rings (SSSR count). The van der Waals surface area contributed by atoms with Crippen LogP contribution in [-0.2, 0) is 18.4 Å². The Labute approximate surface area is 121 Å². The van der Waals surface area contributed by atoms with Gasteiger partial charge in [0.05, 0.1) is 0 Å². The van der Waals surface area contributed by atoms with E-state index in [1.165, 1.54) is 0 Å². The Kier molecular flexibility index (Phi) is 8.83. The molecule has 4 heteroatoms. The Balaban J connectivity index is 0. The van der Waals surface area contributed by atoms with Crippen LogP contribution in [0.1, 0.15) is 0 Å². The van der Waals surface area contributed by atoms with Crippen LogP contribution in [0.3, 0.4) is 0 Å². The second kappa shape index (κ2) is 7.25. The van der Waals surface area contributed by atoms with E-state index in [1.54, 1.807) is 12.8 Å². The van der Waals surface area contributed by atoms with Gasteiger partial charge >= 0.3 is 114 Å². The van der Waals surface area contributed by atoms with E-state index in [1.807, 2.05) is 0 Å². The van der Waals surface area contributed by atoms with Crippen molar-refractivity contribution in [1.82, 2.24) is 0 Å². The first kappa shape index (κ1) is 20.7. The fourth-order valence-electron chi connectivity index (χ4n) is 2.18. The molecule has 0 aliphatic carbocycles. The van der Waals surface area contributed by atoms with Crippen LogP contribution in [0.2, 0.25) is 71.7 Å². The van der Waals surface area contributed by atoms with Crippen LogP contribution in [0.25, 0.3) is 0 Å². The van der Waals surface area contributed by atoms with Gasteiger partial charge in [-0.25, -0.2) is 0 Å². The van der Waals surface area contributed by atoms with Crippen molar-refractivity contribution < 1.29 is 18.4 Å². The summed E-state index contributed by atoms with van der Waals surface area (Å²) in [6.45, 7) is 23.3. The van der Waals surface area contributed by atoms with Crippen LogP contribution in [0, 0.1) is 7.43 Å². The first-order valence-electron chi connectivity index (χ1n) is 6.51. The third kappa shape index (κ3) is 15.3. The number of hydrogen-bond donors (Lipinski definition) is 0. The van der Waals surface area contributed by atoms with Crippen LogP contribution in [0.15, 0.2) is 0 Å². The predicted octanol–water partition coefficient (Wildman–Crippen LogP) is 5.82. The molecule has 0 saturated carbocycles. The zero-order valence-corrected chi connectivity index (χ0v) is 20.0. The van der Waals surface area contributed by atoms with Crippen molar-refractivity contribution in [1.29, 1.82) is 0 Å². The molecule has 104 valence electrons. The van der Waals surface area contributed by atoms with Crippen molar-refractivity contribution in [3.8, 4) is 0 Å². The molecule has 0 heterocycles. The molecule has 0 saturated heterocycles. The van der Waals surface area contributed by atoms with Gasteiger partial charge in [0, 0.05) is 0 Å². The molecule has 0 nitrogen and oxygen atoms in total. The molecule has 2 radical (unpaired) electrons. The minimum Gasteiger partial charge on any atom is -0.0533 e. The minimum absolute atomic E-state index is 0. The van der Waals surface area contributed by atoms with E-state index >= 15 is 0 Å². The molecule has 0 spiro atoms. The third-order valence-electron chi connectivity index (χ3n) is 2.09. The van der Waals surface area contributed by atoms with Gasteiger partial charge in [0.2, 0.25) is 0 Å². The molecule has 0 unspecified atom stereocenters. The maximum absolute atomic E-state index is 2.59. The largest absolute Gasteiger partial charge is 0.0533 e. The van der Waals surface area contributed by atoms with E-state index in [-0.39, 0.29) is 7.43 Å². The van der Waals surface area contributed by atoms with Crippen LogP contribution in [-0.4, -0.2) is 24.2 Å². The molecule has 0 fully saturated rings. The molecule has 0 aromatic heterocycles. The second-order valence-electron chi connectivity index (χ2n) is 8.83. The van der Waals surface area contributed by atoms with E-state index in [2.05, 4.69) is 58.9 Å². The fraction of sp³-hybridized carbons (Fsp3) is 0.923. The summed E-state index contributed by atoms with van der Waals surface area (Å²) in [5.74, 6) is 0. The molecule has 17 heavy (non-hydrogen) atoms. The van der Waals surface area contributed by atoms with Gasteiger partial charge in [-0.1, -0.05) is 7.43 Å². The average Bonchev–Trinajstić information content (AvgIpc) is 1.70. The Morgan fingerprint density at radius 3 is 0.824 bits per heavy atom. The summed E-state index contributed by atoms with van der Waals surface area (Å²) in [5, 5.41) is 0. The number of hydrogen-bond acceptors (Lipinski definition) is 0. The summed E-state index contributed by atoms with van der Waals surface area (Å²) in [4.78, 5) is 0. The van der Waals surface area contributed by atoms with Gasteiger partial charge in [-0.3, -0.25) is 0 Å². The van der Waals surface area contributed by atoms with Crippen LogP contribution >= 0.6 is 0 Å². The Hall–Kier alpha value is 1.39. The quantitative estimate of drug-likeness (QED) is 0.442. The van der Waals surface area contributed by atoms with Gasteiger partial charge in [-0.05, 0) is 0 Å². The molecule has 0 aliphatic heterocycles. The van der Waals surface area contributed by atoms with Gasteiger partial charge in [0.25, 0.3) is 0 Å². The summed E-state index contributed by atoms with van der Waals surface area (Å²) in [6, 6.07) is 0. The molecule has 0 aromatic rings. The van der Waals surface area contributed by atoms with Crippen molar-refractivity contribution in [2.75, 3.05) is 0 Å². The van der Waals surface area contributed by atoms with Gasteiger partial charge in [0.1, 0.15) is 0 Å². The van der Waals surface area contributed by atoms with Crippen molar-refractivity contribution in [3.05, 3.63) is 7.43 Å². The molecule has 0 amide bonds. The molecular formula is C13H35Si3Ta. The fourth-order valence-corrected chi connectivity index (χ4v) is 61.8. The van der Waals surface area contributed by atoms with E-state index in [4.69, 9.17) is 0 Å². The summed E-state index contributed by atoms with van der Waals surface area (Å²) in [7, 11) is -2.35. The normalized spacial score (nSPS) is 13.8. The van der Waals surface area contributed by atoms with Gasteiger partial charge in [-0.2, -0.15) is 0 Å². The zero-order valence-electron chi connectivity index (χ0n) is 13.8. The monoisotopic (exact) mass is 456 g/mol. The predicted molar refractivity (Wildman–Crippen MR) is 89.8 cm³/mol. The van der Waals surface area contributed by atoms with Crippen molar-refractivity contribution in [2.24, 2.45) is 0 Å². The molecule has 0 atom stereocenters. The maximum Gasteiger partial charge on any atom is -0.0533 e. The van der Waals surface area contributed by atoms with E-state index in [9.17, 15) is 0 Å². The van der Waals surface area contributed by atoms with Crippen molar-refractivity contribution in [2.45, 2.75) is 71.7 Å². The molecular weight excluding hydrogens is 421 g/mol. The van der Waals surface area contributed by atoms with Gasteiger partial charge in [0.15, 0.2) is 0 Å². The van der Waals surface area contributed by atoms with Crippen LogP contribution in [0.4, 0.5) is 0 Å². The molecule has 0 bridgehead atoms. The van der Waals surface area contributed by atoms with Gasteiger partial charge in [-0.15, -0.1) is 0 Å². The Morgan fingerprint density at radius 1 is 0.529 bits per heavy atom. The second-order valence-corrected chi connectivity index (χ2v) is 40.2. The summed E-state index contributed by atoms with van der Waals surface area (Å²) >= 11 is -1.11. The smallest absolute Gasteiger partial charge is 0.0533 e. The van der Waals surface area contributed by atoms with E-state index in [0.717, 1.165) is 0 Å². The summed E-state index contributed by atoms with van der Waals surface area (Å²) in [6.07, 6.45) is 0. The Bertz CT molecular complexity index is 170. The summed E-state index contributed by atoms with van der Waals surface area (Å²) in [5.41, 5.74) is 0. The first-order valence-corrected chi connectivity index (χ1v) is 24.4. The summed E-state index contributed by atoms with van der Waals surface area (Å²) < 4.78 is 5.28. The third-order valence-corrected chi connectivity index (χ3v) is 51.4. The van der Waals surface area contributed by atoms with E-state index in [0.29, 0.717) is 0 Å². The van der Waals surface area contributed by atoms with Crippen molar-refractivity contribution >= 4 is 24.2 Å². The SMILES string of the molecule is C[Si](C)(C)[CH2][Ta]([CH2][Si](C)(C)C)[CH2][Si](C)(C)C.[CH2].